The van der Waals surface area contributed by atoms with Crippen LogP contribution in [0, 0.1) is 5.92 Å². The van der Waals surface area contributed by atoms with Gasteiger partial charge in [-0.05, 0) is 43.5 Å². The van der Waals surface area contributed by atoms with E-state index in [2.05, 4.69) is 35.3 Å². The van der Waals surface area contributed by atoms with Crippen molar-refractivity contribution in [1.29, 1.82) is 0 Å². The highest BCUT2D eigenvalue weighted by molar-refractivity contribution is 5.94. The van der Waals surface area contributed by atoms with Crippen molar-refractivity contribution in [2.24, 2.45) is 5.92 Å². The number of rotatable bonds is 2. The standard InChI is InChI=1S/C21H24N2O3/c1-4-12-11-23-8-7-21-15-9-13(25-2)5-6-16(15)22-19(21)18(20(24)26-3)14(12)10-17(21)23/h4-6,9,14,17,22H,7-8,10-11H2,1-3H3/t14-,17+,21-/m1/s1. The van der Waals surface area contributed by atoms with Gasteiger partial charge in [0.15, 0.2) is 0 Å². The van der Waals surface area contributed by atoms with E-state index in [0.717, 1.165) is 48.6 Å². The molecule has 0 radical (unpaired) electrons. The van der Waals surface area contributed by atoms with Gasteiger partial charge in [0.2, 0.25) is 0 Å². The van der Waals surface area contributed by atoms with E-state index in [1.807, 2.05) is 6.07 Å². The van der Waals surface area contributed by atoms with Gasteiger partial charge in [-0.2, -0.15) is 0 Å². The molecule has 1 aliphatic carbocycles. The van der Waals surface area contributed by atoms with Crippen LogP contribution in [0.1, 0.15) is 25.3 Å². The van der Waals surface area contributed by atoms with Gasteiger partial charge in [0.1, 0.15) is 5.75 Å². The second-order valence-corrected chi connectivity index (χ2v) is 7.68. The Morgan fingerprint density at radius 2 is 2.23 bits per heavy atom. The zero-order valence-corrected chi connectivity index (χ0v) is 15.5. The van der Waals surface area contributed by atoms with E-state index in [0.29, 0.717) is 6.04 Å². The van der Waals surface area contributed by atoms with Crippen LogP contribution >= 0.6 is 0 Å². The predicted molar refractivity (Wildman–Crippen MR) is 99.2 cm³/mol. The SMILES string of the molecule is CC=C1CN2CC[C@]34C(=C(C(=O)OC)[C@@H]1C[C@H]23)Nc1ccc(OC)cc14. The average molecular weight is 352 g/mol. The first kappa shape index (κ1) is 15.9. The maximum atomic E-state index is 12.8. The van der Waals surface area contributed by atoms with Crippen LogP contribution in [-0.2, 0) is 14.9 Å². The summed E-state index contributed by atoms with van der Waals surface area (Å²) in [6, 6.07) is 6.63. The molecule has 5 heteroatoms. The van der Waals surface area contributed by atoms with Crippen LogP contribution in [-0.4, -0.2) is 44.2 Å². The molecular formula is C21H24N2O3. The molecule has 0 unspecified atom stereocenters. The number of carbonyl (C=O) groups excluding carboxylic acids is 1. The number of anilines is 1. The lowest BCUT2D eigenvalue weighted by Crippen LogP contribution is -2.53. The number of nitrogens with one attached hydrogen (secondary N) is 1. The number of esters is 1. The van der Waals surface area contributed by atoms with Crippen molar-refractivity contribution in [2.75, 3.05) is 32.6 Å². The van der Waals surface area contributed by atoms with Crippen LogP contribution in [0.5, 0.6) is 5.75 Å². The predicted octanol–water partition coefficient (Wildman–Crippen LogP) is 2.84. The number of allylic oxidation sites excluding steroid dienone is 1. The van der Waals surface area contributed by atoms with Gasteiger partial charge in [0.05, 0.1) is 25.2 Å². The molecule has 1 N–H and O–H groups in total. The zero-order chi connectivity index (χ0) is 18.1. The summed E-state index contributed by atoms with van der Waals surface area (Å²) in [6.07, 6.45) is 4.18. The summed E-state index contributed by atoms with van der Waals surface area (Å²) >= 11 is 0. The Kier molecular flexibility index (Phi) is 3.29. The first-order valence-corrected chi connectivity index (χ1v) is 9.31. The van der Waals surface area contributed by atoms with Crippen molar-refractivity contribution in [3.63, 3.8) is 0 Å². The average Bonchev–Trinajstić information content (AvgIpc) is 3.23. The molecule has 136 valence electrons. The molecule has 5 rings (SSSR count). The number of nitrogens with zero attached hydrogens (tertiary/aromatic N) is 1. The molecular weight excluding hydrogens is 328 g/mol. The first-order chi connectivity index (χ1) is 12.6. The van der Waals surface area contributed by atoms with E-state index in [4.69, 9.17) is 9.47 Å². The highest BCUT2D eigenvalue weighted by atomic mass is 16.5. The van der Waals surface area contributed by atoms with Crippen LogP contribution in [0.2, 0.25) is 0 Å². The van der Waals surface area contributed by atoms with E-state index < -0.39 is 0 Å². The lowest BCUT2D eigenvalue weighted by Gasteiger charge is -2.48. The van der Waals surface area contributed by atoms with Crippen molar-refractivity contribution in [3.8, 4) is 5.75 Å². The molecule has 3 atom stereocenters. The third kappa shape index (κ3) is 1.77. The van der Waals surface area contributed by atoms with Crippen LogP contribution < -0.4 is 10.1 Å². The minimum absolute atomic E-state index is 0.150. The van der Waals surface area contributed by atoms with Crippen molar-refractivity contribution < 1.29 is 14.3 Å². The Morgan fingerprint density at radius 3 is 2.96 bits per heavy atom. The fraction of sp³-hybridized carbons (Fsp3) is 0.476. The van der Waals surface area contributed by atoms with Crippen molar-refractivity contribution in [3.05, 3.63) is 46.7 Å². The van der Waals surface area contributed by atoms with E-state index in [1.165, 1.54) is 18.2 Å². The van der Waals surface area contributed by atoms with E-state index >= 15 is 0 Å². The van der Waals surface area contributed by atoms with Gasteiger partial charge in [0.25, 0.3) is 0 Å². The summed E-state index contributed by atoms with van der Waals surface area (Å²) in [5, 5.41) is 3.61. The fourth-order valence-electron chi connectivity index (χ4n) is 5.76. The van der Waals surface area contributed by atoms with Crippen molar-refractivity contribution in [2.45, 2.75) is 31.2 Å². The van der Waals surface area contributed by atoms with Crippen LogP contribution in [0.4, 0.5) is 5.69 Å². The summed E-state index contributed by atoms with van der Waals surface area (Å²) in [7, 11) is 3.19. The molecule has 1 spiro atoms. The van der Waals surface area contributed by atoms with Gasteiger partial charge >= 0.3 is 5.97 Å². The van der Waals surface area contributed by atoms with Gasteiger partial charge < -0.3 is 14.8 Å². The van der Waals surface area contributed by atoms with Gasteiger partial charge in [-0.15, -0.1) is 0 Å². The summed E-state index contributed by atoms with van der Waals surface area (Å²) in [4.78, 5) is 15.4. The summed E-state index contributed by atoms with van der Waals surface area (Å²) in [6.45, 7) is 4.07. The van der Waals surface area contributed by atoms with Crippen molar-refractivity contribution in [1.82, 2.24) is 4.90 Å². The quantitative estimate of drug-likeness (QED) is 0.655. The molecule has 2 bridgehead atoms. The Hall–Kier alpha value is -2.27. The summed E-state index contributed by atoms with van der Waals surface area (Å²) in [5.74, 6) is 0.819. The normalized spacial score (nSPS) is 33.0. The van der Waals surface area contributed by atoms with Gasteiger partial charge in [-0.1, -0.05) is 11.6 Å². The number of carbonyl (C=O) groups is 1. The molecule has 4 aliphatic rings. The number of benzene rings is 1. The number of piperidine rings is 1. The zero-order valence-electron chi connectivity index (χ0n) is 15.5. The van der Waals surface area contributed by atoms with Gasteiger partial charge in [-0.25, -0.2) is 4.79 Å². The number of hydrogen-bond acceptors (Lipinski definition) is 5. The van der Waals surface area contributed by atoms with Crippen LogP contribution in [0.15, 0.2) is 41.1 Å². The molecule has 5 nitrogen and oxygen atoms in total. The lowest BCUT2D eigenvalue weighted by atomic mass is 9.62. The van der Waals surface area contributed by atoms with Crippen LogP contribution in [0.25, 0.3) is 0 Å². The second kappa shape index (κ2) is 5.36. The van der Waals surface area contributed by atoms with E-state index in [9.17, 15) is 4.79 Å². The minimum Gasteiger partial charge on any atom is -0.497 e. The molecule has 0 saturated carbocycles. The second-order valence-electron chi connectivity index (χ2n) is 7.68. The minimum atomic E-state index is -0.199. The molecule has 3 heterocycles. The molecule has 2 saturated heterocycles. The molecule has 2 fully saturated rings. The molecule has 0 aromatic heterocycles. The maximum absolute atomic E-state index is 12.8. The monoisotopic (exact) mass is 352 g/mol. The molecule has 26 heavy (non-hydrogen) atoms. The number of ether oxygens (including phenoxy) is 2. The Bertz CT molecular complexity index is 872. The fourth-order valence-corrected chi connectivity index (χ4v) is 5.76. The lowest BCUT2D eigenvalue weighted by molar-refractivity contribution is -0.137. The smallest absolute Gasteiger partial charge is 0.336 e. The van der Waals surface area contributed by atoms with Gasteiger partial charge in [0, 0.05) is 36.4 Å². The van der Waals surface area contributed by atoms with Crippen LogP contribution in [0.3, 0.4) is 0 Å². The summed E-state index contributed by atoms with van der Waals surface area (Å²) in [5.41, 5.74) is 5.44. The molecule has 3 aliphatic heterocycles. The molecule has 1 aromatic carbocycles. The molecule has 1 aromatic rings. The number of fused-ring (bicyclic) bond motifs is 2. The van der Waals surface area contributed by atoms with Gasteiger partial charge in [-0.3, -0.25) is 4.90 Å². The highest BCUT2D eigenvalue weighted by Gasteiger charge is 2.62. The number of methoxy groups -OCH3 is 2. The van der Waals surface area contributed by atoms with E-state index in [1.54, 1.807) is 7.11 Å². The Morgan fingerprint density at radius 1 is 1.38 bits per heavy atom. The number of hydrogen-bond donors (Lipinski definition) is 1. The summed E-state index contributed by atoms with van der Waals surface area (Å²) < 4.78 is 10.7. The van der Waals surface area contributed by atoms with E-state index in [-0.39, 0.29) is 17.3 Å². The van der Waals surface area contributed by atoms with Crippen molar-refractivity contribution >= 4 is 11.7 Å². The third-order valence-corrected chi connectivity index (χ3v) is 6.90. The Labute approximate surface area is 153 Å². The third-order valence-electron chi connectivity index (χ3n) is 6.90. The highest BCUT2D eigenvalue weighted by Crippen LogP contribution is 2.61. The molecule has 0 amide bonds. The topological polar surface area (TPSA) is 50.8 Å². The maximum Gasteiger partial charge on any atom is 0.336 e. The largest absolute Gasteiger partial charge is 0.497 e. The Balaban J connectivity index is 1.80. The first-order valence-electron chi connectivity index (χ1n) is 9.31.